The highest BCUT2D eigenvalue weighted by molar-refractivity contribution is 5.95. The normalized spacial score (nSPS) is 31.1. The summed E-state index contributed by atoms with van der Waals surface area (Å²) in [6.07, 6.45) is 2.16. The summed E-state index contributed by atoms with van der Waals surface area (Å²) in [5.41, 5.74) is 2.02. The summed E-state index contributed by atoms with van der Waals surface area (Å²) in [7, 11) is 0. The molecule has 4 fully saturated rings. The van der Waals surface area contributed by atoms with Crippen molar-refractivity contribution in [2.45, 2.75) is 37.8 Å². The molecule has 0 N–H and O–H groups in total. The third-order valence-electron chi connectivity index (χ3n) is 6.91. The van der Waals surface area contributed by atoms with E-state index in [1.165, 1.54) is 18.2 Å². The lowest BCUT2D eigenvalue weighted by Crippen LogP contribution is -2.60. The second-order valence-electron chi connectivity index (χ2n) is 8.45. The van der Waals surface area contributed by atoms with Crippen LogP contribution in [0.15, 0.2) is 42.5 Å². The lowest BCUT2D eigenvalue weighted by molar-refractivity contribution is -0.00354. The number of nitrogens with zero attached hydrogens (tertiary/aromatic N) is 2. The molecule has 0 saturated carbocycles. The third kappa shape index (κ3) is 2.75. The van der Waals surface area contributed by atoms with Gasteiger partial charge in [-0.05, 0) is 74.2 Å². The average Bonchev–Trinajstić information content (AvgIpc) is 3.12. The van der Waals surface area contributed by atoms with Crippen molar-refractivity contribution in [3.63, 3.8) is 0 Å². The lowest BCUT2D eigenvalue weighted by Gasteiger charge is -2.51. The molecule has 2 aromatic rings. The average molecular weight is 382 g/mol. The SMILES string of the molecule is Cc1ccc(C(=O)N2C[C@H](c3ccc(F)cc3)[C@H]3[C@@H]2C2CCN3CC2)c(F)c1. The summed E-state index contributed by atoms with van der Waals surface area (Å²) in [5.74, 6) is -0.332. The molecule has 4 saturated heterocycles. The van der Waals surface area contributed by atoms with Crippen molar-refractivity contribution >= 4 is 5.91 Å². The highest BCUT2D eigenvalue weighted by atomic mass is 19.1. The first-order valence-corrected chi connectivity index (χ1v) is 10.1. The minimum atomic E-state index is -0.451. The summed E-state index contributed by atoms with van der Waals surface area (Å²) in [4.78, 5) is 17.7. The van der Waals surface area contributed by atoms with Crippen LogP contribution in [0.3, 0.4) is 0 Å². The number of hydrogen-bond acceptors (Lipinski definition) is 2. The molecule has 4 heterocycles. The van der Waals surface area contributed by atoms with Gasteiger partial charge in [-0.25, -0.2) is 8.78 Å². The molecular formula is C23H24F2N2O. The summed E-state index contributed by atoms with van der Waals surface area (Å²) >= 11 is 0. The topological polar surface area (TPSA) is 23.6 Å². The summed E-state index contributed by atoms with van der Waals surface area (Å²) in [6, 6.07) is 11.8. The lowest BCUT2D eigenvalue weighted by atomic mass is 9.75. The van der Waals surface area contributed by atoms with E-state index in [0.29, 0.717) is 12.5 Å². The molecule has 0 aliphatic carbocycles. The van der Waals surface area contributed by atoms with Crippen LogP contribution in [0.4, 0.5) is 8.78 Å². The molecule has 0 aromatic heterocycles. The molecule has 4 aliphatic heterocycles. The van der Waals surface area contributed by atoms with Gasteiger partial charge < -0.3 is 4.90 Å². The van der Waals surface area contributed by atoms with Gasteiger partial charge >= 0.3 is 0 Å². The fraction of sp³-hybridized carbons (Fsp3) is 0.435. The van der Waals surface area contributed by atoms with Crippen molar-refractivity contribution in [3.8, 4) is 0 Å². The molecule has 0 spiro atoms. The summed E-state index contributed by atoms with van der Waals surface area (Å²) < 4.78 is 28.0. The number of halogens is 2. The molecular weight excluding hydrogens is 358 g/mol. The first kappa shape index (κ1) is 17.8. The van der Waals surface area contributed by atoms with Crippen LogP contribution in [0.5, 0.6) is 0 Å². The van der Waals surface area contributed by atoms with Gasteiger partial charge in [0.2, 0.25) is 0 Å². The molecule has 5 heteroatoms. The van der Waals surface area contributed by atoms with Crippen molar-refractivity contribution in [2.24, 2.45) is 5.92 Å². The Balaban J connectivity index is 1.53. The van der Waals surface area contributed by atoms with Crippen molar-refractivity contribution in [1.82, 2.24) is 9.80 Å². The Morgan fingerprint density at radius 1 is 1.00 bits per heavy atom. The highest BCUT2D eigenvalue weighted by Gasteiger charge is 2.54. The van der Waals surface area contributed by atoms with Gasteiger partial charge in [0.25, 0.3) is 5.91 Å². The Labute approximate surface area is 163 Å². The number of rotatable bonds is 2. The third-order valence-corrected chi connectivity index (χ3v) is 6.91. The number of aryl methyl sites for hydroxylation is 1. The number of likely N-dealkylation sites (tertiary alicyclic amines) is 1. The molecule has 0 radical (unpaired) electrons. The van der Waals surface area contributed by atoms with E-state index in [0.717, 1.165) is 37.1 Å². The maximum Gasteiger partial charge on any atom is 0.257 e. The van der Waals surface area contributed by atoms with Crippen LogP contribution in [0.2, 0.25) is 0 Å². The second kappa shape index (κ2) is 6.66. The molecule has 4 aliphatic rings. The number of piperidine rings is 3. The van der Waals surface area contributed by atoms with Gasteiger partial charge in [0, 0.05) is 18.5 Å². The second-order valence-corrected chi connectivity index (χ2v) is 8.45. The zero-order chi connectivity index (χ0) is 19.4. The molecule has 146 valence electrons. The Hall–Kier alpha value is -2.27. The van der Waals surface area contributed by atoms with Crippen molar-refractivity contribution in [2.75, 3.05) is 19.6 Å². The van der Waals surface area contributed by atoms with Crippen LogP contribution in [-0.2, 0) is 0 Å². The van der Waals surface area contributed by atoms with Crippen LogP contribution >= 0.6 is 0 Å². The molecule has 0 unspecified atom stereocenters. The maximum atomic E-state index is 14.5. The fourth-order valence-electron chi connectivity index (χ4n) is 5.61. The Kier molecular flexibility index (Phi) is 4.23. The standard InChI is InChI=1S/C23H24F2N2O/c1-14-2-7-18(20(25)12-14)23(28)27-13-19(15-3-5-17(24)6-4-15)22-21(27)16-8-10-26(22)11-9-16/h2-7,12,16,19,21-22H,8-11,13H2,1H3/t19-,21+,22+/m1/s1. The molecule has 2 aromatic carbocycles. The van der Waals surface area contributed by atoms with E-state index in [1.807, 2.05) is 24.0 Å². The van der Waals surface area contributed by atoms with Crippen LogP contribution in [0.25, 0.3) is 0 Å². The first-order chi connectivity index (χ1) is 13.5. The molecule has 3 atom stereocenters. The van der Waals surface area contributed by atoms with Gasteiger partial charge in [-0.1, -0.05) is 18.2 Å². The van der Waals surface area contributed by atoms with Crippen molar-refractivity contribution in [1.29, 1.82) is 0 Å². The van der Waals surface area contributed by atoms with E-state index in [4.69, 9.17) is 0 Å². The number of benzene rings is 2. The maximum absolute atomic E-state index is 14.5. The predicted molar refractivity (Wildman–Crippen MR) is 103 cm³/mol. The number of hydrogen-bond donors (Lipinski definition) is 0. The van der Waals surface area contributed by atoms with Crippen LogP contribution in [-0.4, -0.2) is 47.4 Å². The predicted octanol–water partition coefficient (Wildman–Crippen LogP) is 3.98. The zero-order valence-corrected chi connectivity index (χ0v) is 15.9. The number of carbonyl (C=O) groups excluding carboxylic acids is 1. The Morgan fingerprint density at radius 2 is 1.71 bits per heavy atom. The zero-order valence-electron chi connectivity index (χ0n) is 15.9. The van der Waals surface area contributed by atoms with E-state index in [2.05, 4.69) is 4.90 Å². The summed E-state index contributed by atoms with van der Waals surface area (Å²) in [6.45, 7) is 4.47. The Morgan fingerprint density at radius 3 is 2.39 bits per heavy atom. The molecule has 1 amide bonds. The highest BCUT2D eigenvalue weighted by Crippen LogP contribution is 2.47. The smallest absolute Gasteiger partial charge is 0.257 e. The van der Waals surface area contributed by atoms with E-state index in [-0.39, 0.29) is 35.3 Å². The molecule has 3 nitrogen and oxygen atoms in total. The quantitative estimate of drug-likeness (QED) is 0.785. The molecule has 2 bridgehead atoms. The van der Waals surface area contributed by atoms with E-state index >= 15 is 0 Å². The van der Waals surface area contributed by atoms with Crippen LogP contribution in [0, 0.1) is 24.5 Å². The van der Waals surface area contributed by atoms with Gasteiger partial charge in [0.1, 0.15) is 11.6 Å². The van der Waals surface area contributed by atoms with Gasteiger partial charge in [0.15, 0.2) is 0 Å². The van der Waals surface area contributed by atoms with Gasteiger partial charge in [0.05, 0.1) is 11.6 Å². The van der Waals surface area contributed by atoms with Crippen molar-refractivity contribution < 1.29 is 13.6 Å². The van der Waals surface area contributed by atoms with Gasteiger partial charge in [-0.3, -0.25) is 9.69 Å². The van der Waals surface area contributed by atoms with E-state index in [1.54, 1.807) is 12.1 Å². The summed E-state index contributed by atoms with van der Waals surface area (Å²) in [5, 5.41) is 0. The first-order valence-electron chi connectivity index (χ1n) is 10.1. The number of carbonyl (C=O) groups is 1. The monoisotopic (exact) mass is 382 g/mol. The van der Waals surface area contributed by atoms with Crippen molar-refractivity contribution in [3.05, 3.63) is 70.8 Å². The Bertz CT molecular complexity index is 905. The van der Waals surface area contributed by atoms with E-state index in [9.17, 15) is 13.6 Å². The van der Waals surface area contributed by atoms with Crippen LogP contribution in [0.1, 0.15) is 40.2 Å². The molecule has 6 rings (SSSR count). The number of fused-ring (bicyclic) bond motifs is 2. The fourth-order valence-corrected chi connectivity index (χ4v) is 5.61. The van der Waals surface area contributed by atoms with Crippen LogP contribution < -0.4 is 0 Å². The molecule has 28 heavy (non-hydrogen) atoms. The van der Waals surface area contributed by atoms with Gasteiger partial charge in [-0.2, -0.15) is 0 Å². The van der Waals surface area contributed by atoms with Gasteiger partial charge in [-0.15, -0.1) is 0 Å². The largest absolute Gasteiger partial charge is 0.333 e. The van der Waals surface area contributed by atoms with E-state index < -0.39 is 5.82 Å². The number of amides is 1. The minimum absolute atomic E-state index is 0.103. The minimum Gasteiger partial charge on any atom is -0.333 e.